The van der Waals surface area contributed by atoms with Crippen molar-refractivity contribution in [3.63, 3.8) is 0 Å². The van der Waals surface area contributed by atoms with Crippen molar-refractivity contribution in [3.05, 3.63) is 12.2 Å². The maximum absolute atomic E-state index is 11.2. The van der Waals surface area contributed by atoms with Gasteiger partial charge in [0, 0.05) is 6.54 Å². The van der Waals surface area contributed by atoms with Gasteiger partial charge in [-0.3, -0.25) is 0 Å². The monoisotopic (exact) mass is 281 g/mol. The van der Waals surface area contributed by atoms with Crippen LogP contribution in [-0.4, -0.2) is 30.7 Å². The Labute approximate surface area is 124 Å². The summed E-state index contributed by atoms with van der Waals surface area (Å²) in [5.74, 6) is 0. The molecule has 0 bridgehead atoms. The molecule has 1 amide bonds. The van der Waals surface area contributed by atoms with E-state index in [1.807, 2.05) is 4.90 Å². The lowest BCUT2D eigenvalue weighted by atomic mass is 10.1. The maximum atomic E-state index is 11.2. The standard InChI is InChI=1S/C17H31NO2/c1-2-3-4-5-6-7-8-9-10-11-12-13-14-18-15-16-20-17(18)19/h5-6H,2-4,7-16H2,1H3. The summed E-state index contributed by atoms with van der Waals surface area (Å²) in [4.78, 5) is 13.0. The average Bonchev–Trinajstić information content (AvgIpc) is 2.85. The Hall–Kier alpha value is -0.990. The summed E-state index contributed by atoms with van der Waals surface area (Å²) < 4.78 is 4.90. The van der Waals surface area contributed by atoms with E-state index < -0.39 is 0 Å². The summed E-state index contributed by atoms with van der Waals surface area (Å²) in [5.41, 5.74) is 0. The Morgan fingerprint density at radius 2 is 1.65 bits per heavy atom. The van der Waals surface area contributed by atoms with Crippen LogP contribution in [0.1, 0.15) is 71.1 Å². The van der Waals surface area contributed by atoms with E-state index in [1.54, 1.807) is 0 Å². The molecule has 116 valence electrons. The molecule has 1 fully saturated rings. The predicted octanol–water partition coefficient (Wildman–Crippen LogP) is 4.92. The Kier molecular flexibility index (Phi) is 10.1. The lowest BCUT2D eigenvalue weighted by Gasteiger charge is -2.11. The molecule has 20 heavy (non-hydrogen) atoms. The minimum absolute atomic E-state index is 0.125. The predicted molar refractivity (Wildman–Crippen MR) is 83.9 cm³/mol. The fraction of sp³-hybridized carbons (Fsp3) is 0.824. The third-order valence-electron chi connectivity index (χ3n) is 3.78. The number of carbonyl (C=O) groups excluding carboxylic acids is 1. The molecule has 1 heterocycles. The van der Waals surface area contributed by atoms with Crippen LogP contribution in [0.25, 0.3) is 0 Å². The molecular formula is C17H31NO2. The summed E-state index contributed by atoms with van der Waals surface area (Å²) in [5, 5.41) is 0. The molecule has 1 saturated heterocycles. The summed E-state index contributed by atoms with van der Waals surface area (Å²) >= 11 is 0. The second-order valence-electron chi connectivity index (χ2n) is 5.63. The number of amides is 1. The van der Waals surface area contributed by atoms with Gasteiger partial charge < -0.3 is 9.64 Å². The number of hydrogen-bond acceptors (Lipinski definition) is 2. The van der Waals surface area contributed by atoms with Crippen molar-refractivity contribution >= 4 is 6.09 Å². The average molecular weight is 281 g/mol. The topological polar surface area (TPSA) is 29.5 Å². The largest absolute Gasteiger partial charge is 0.448 e. The van der Waals surface area contributed by atoms with Gasteiger partial charge in [0.2, 0.25) is 0 Å². The third kappa shape index (κ3) is 8.23. The van der Waals surface area contributed by atoms with Gasteiger partial charge in [-0.25, -0.2) is 4.79 Å². The first-order chi connectivity index (χ1) is 9.84. The molecule has 1 aliphatic heterocycles. The normalized spacial score (nSPS) is 15.2. The summed E-state index contributed by atoms with van der Waals surface area (Å²) in [6.45, 7) is 4.47. The second-order valence-corrected chi connectivity index (χ2v) is 5.63. The van der Waals surface area contributed by atoms with Gasteiger partial charge in [-0.15, -0.1) is 0 Å². The molecule has 0 radical (unpaired) electrons. The zero-order chi connectivity index (χ0) is 14.5. The van der Waals surface area contributed by atoms with E-state index in [-0.39, 0.29) is 6.09 Å². The van der Waals surface area contributed by atoms with E-state index in [2.05, 4.69) is 19.1 Å². The molecule has 0 N–H and O–H groups in total. The molecular weight excluding hydrogens is 250 g/mol. The van der Waals surface area contributed by atoms with E-state index in [1.165, 1.54) is 57.8 Å². The number of cyclic esters (lactones) is 1. The molecule has 0 spiro atoms. The first-order valence-electron chi connectivity index (χ1n) is 8.41. The van der Waals surface area contributed by atoms with Crippen LogP contribution in [0.2, 0.25) is 0 Å². The smallest absolute Gasteiger partial charge is 0.409 e. The molecule has 0 atom stereocenters. The van der Waals surface area contributed by atoms with Crippen molar-refractivity contribution in [2.24, 2.45) is 0 Å². The SMILES string of the molecule is CCCCC=CCCCCCCCCN1CCOC1=O. The van der Waals surface area contributed by atoms with Crippen molar-refractivity contribution < 1.29 is 9.53 Å². The quantitative estimate of drug-likeness (QED) is 0.375. The van der Waals surface area contributed by atoms with E-state index in [9.17, 15) is 4.79 Å². The molecule has 0 aromatic heterocycles. The minimum atomic E-state index is -0.125. The number of carbonyl (C=O) groups is 1. The minimum Gasteiger partial charge on any atom is -0.448 e. The fourth-order valence-electron chi connectivity index (χ4n) is 2.46. The van der Waals surface area contributed by atoms with E-state index in [0.29, 0.717) is 6.61 Å². The highest BCUT2D eigenvalue weighted by atomic mass is 16.6. The highest BCUT2D eigenvalue weighted by Crippen LogP contribution is 2.10. The van der Waals surface area contributed by atoms with Crippen LogP contribution in [0.4, 0.5) is 4.79 Å². The van der Waals surface area contributed by atoms with E-state index >= 15 is 0 Å². The van der Waals surface area contributed by atoms with Gasteiger partial charge in [-0.2, -0.15) is 0 Å². The fourth-order valence-corrected chi connectivity index (χ4v) is 2.46. The lowest BCUT2D eigenvalue weighted by Crippen LogP contribution is -2.25. The van der Waals surface area contributed by atoms with Crippen molar-refractivity contribution in [2.75, 3.05) is 19.7 Å². The van der Waals surface area contributed by atoms with Crippen LogP contribution in [0.15, 0.2) is 12.2 Å². The van der Waals surface area contributed by atoms with Gasteiger partial charge in [0.25, 0.3) is 0 Å². The van der Waals surface area contributed by atoms with Crippen molar-refractivity contribution in [3.8, 4) is 0 Å². The highest BCUT2D eigenvalue weighted by Gasteiger charge is 2.20. The second kappa shape index (κ2) is 11.8. The maximum Gasteiger partial charge on any atom is 0.409 e. The summed E-state index contributed by atoms with van der Waals surface area (Å²) in [6.07, 6.45) is 17.3. The van der Waals surface area contributed by atoms with Crippen LogP contribution in [-0.2, 0) is 4.74 Å². The van der Waals surface area contributed by atoms with Crippen LogP contribution in [0, 0.1) is 0 Å². The Bertz CT molecular complexity index is 276. The van der Waals surface area contributed by atoms with Gasteiger partial charge in [0.1, 0.15) is 6.61 Å². The Balaban J connectivity index is 1.78. The Morgan fingerprint density at radius 3 is 2.30 bits per heavy atom. The molecule has 0 aromatic carbocycles. The number of hydrogen-bond donors (Lipinski definition) is 0. The van der Waals surface area contributed by atoms with Crippen molar-refractivity contribution in [1.29, 1.82) is 0 Å². The van der Waals surface area contributed by atoms with Crippen molar-refractivity contribution in [1.82, 2.24) is 4.90 Å². The van der Waals surface area contributed by atoms with Crippen LogP contribution >= 0.6 is 0 Å². The van der Waals surface area contributed by atoms with Gasteiger partial charge in [0.05, 0.1) is 6.54 Å². The van der Waals surface area contributed by atoms with Crippen LogP contribution in [0.5, 0.6) is 0 Å². The Morgan fingerprint density at radius 1 is 1.00 bits per heavy atom. The number of unbranched alkanes of at least 4 members (excludes halogenated alkanes) is 8. The molecule has 0 aromatic rings. The lowest BCUT2D eigenvalue weighted by molar-refractivity contribution is 0.158. The van der Waals surface area contributed by atoms with Gasteiger partial charge in [0.15, 0.2) is 0 Å². The molecule has 3 heteroatoms. The van der Waals surface area contributed by atoms with Crippen molar-refractivity contribution in [2.45, 2.75) is 71.1 Å². The highest BCUT2D eigenvalue weighted by molar-refractivity contribution is 5.69. The molecule has 0 saturated carbocycles. The number of nitrogens with zero attached hydrogens (tertiary/aromatic N) is 1. The summed E-state index contributed by atoms with van der Waals surface area (Å²) in [6, 6.07) is 0. The number of ether oxygens (including phenoxy) is 1. The van der Waals surface area contributed by atoms with Gasteiger partial charge >= 0.3 is 6.09 Å². The molecule has 0 unspecified atom stereocenters. The molecule has 1 rings (SSSR count). The number of rotatable bonds is 12. The first kappa shape index (κ1) is 17.1. The van der Waals surface area contributed by atoms with E-state index in [4.69, 9.17) is 4.74 Å². The van der Waals surface area contributed by atoms with Crippen LogP contribution in [0.3, 0.4) is 0 Å². The summed E-state index contributed by atoms with van der Waals surface area (Å²) in [7, 11) is 0. The third-order valence-corrected chi connectivity index (χ3v) is 3.78. The number of allylic oxidation sites excluding steroid dienone is 2. The first-order valence-corrected chi connectivity index (χ1v) is 8.41. The van der Waals surface area contributed by atoms with Gasteiger partial charge in [-0.1, -0.05) is 57.6 Å². The molecule has 3 nitrogen and oxygen atoms in total. The van der Waals surface area contributed by atoms with Gasteiger partial charge in [-0.05, 0) is 25.7 Å². The zero-order valence-electron chi connectivity index (χ0n) is 13.1. The van der Waals surface area contributed by atoms with Crippen LogP contribution < -0.4 is 0 Å². The van der Waals surface area contributed by atoms with E-state index in [0.717, 1.165) is 19.5 Å². The molecule has 1 aliphatic rings. The zero-order valence-corrected chi connectivity index (χ0v) is 13.1. The molecule has 0 aliphatic carbocycles.